The Bertz CT molecular complexity index is 2620. The zero-order chi connectivity index (χ0) is 30.7. The van der Waals surface area contributed by atoms with Crippen LogP contribution in [0.4, 0.5) is 0 Å². The Hall–Kier alpha value is -2.58. The second-order valence-electron chi connectivity index (χ2n) is 12.4. The Balaban J connectivity index is 1.69. The highest BCUT2D eigenvalue weighted by Crippen LogP contribution is 2.58. The number of hydrogen-bond donors (Lipinski definition) is 0. The van der Waals surface area contributed by atoms with Gasteiger partial charge in [0.2, 0.25) is 0 Å². The average Bonchev–Trinajstić information content (AvgIpc) is 3.86. The molecule has 0 saturated heterocycles. The number of benzene rings is 3. The summed E-state index contributed by atoms with van der Waals surface area (Å²) in [5.41, 5.74) is 2.91. The van der Waals surface area contributed by atoms with Gasteiger partial charge >= 0.3 is 0 Å². The van der Waals surface area contributed by atoms with Gasteiger partial charge in [-0.1, -0.05) is 27.7 Å². The summed E-state index contributed by atoms with van der Waals surface area (Å²) in [7, 11) is 0. The highest BCUT2D eigenvalue weighted by molar-refractivity contribution is 7.24. The van der Waals surface area contributed by atoms with E-state index in [1.54, 1.807) is 0 Å². The van der Waals surface area contributed by atoms with E-state index < -0.39 is 0 Å². The molecule has 9 aromatic rings. The van der Waals surface area contributed by atoms with E-state index in [0.717, 1.165) is 12.8 Å². The predicted molar refractivity (Wildman–Crippen MR) is 212 cm³/mol. The molecule has 6 heterocycles. The number of rotatable bonds is 5. The van der Waals surface area contributed by atoms with Crippen LogP contribution < -0.4 is 0 Å². The molecular formula is C39H32S6. The lowest BCUT2D eigenvalue weighted by Gasteiger charge is -2.19. The average molecular weight is 693 g/mol. The molecule has 0 unspecified atom stereocenters. The molecule has 224 valence electrons. The van der Waals surface area contributed by atoms with Crippen molar-refractivity contribution >= 4 is 130 Å². The Morgan fingerprint density at radius 1 is 0.533 bits per heavy atom. The van der Waals surface area contributed by atoms with Crippen molar-refractivity contribution in [2.75, 3.05) is 0 Å². The fourth-order valence-corrected chi connectivity index (χ4v) is 13.5. The van der Waals surface area contributed by atoms with E-state index in [1.807, 2.05) is 68.0 Å². The van der Waals surface area contributed by atoms with E-state index in [0.29, 0.717) is 5.92 Å². The molecule has 0 spiro atoms. The molecule has 6 heteroatoms. The third-order valence-electron chi connectivity index (χ3n) is 9.20. The maximum Gasteiger partial charge on any atom is 0.0438 e. The van der Waals surface area contributed by atoms with Gasteiger partial charge < -0.3 is 0 Å². The van der Waals surface area contributed by atoms with Crippen LogP contribution in [0.15, 0.2) is 53.9 Å². The minimum Gasteiger partial charge on any atom is -0.143 e. The van der Waals surface area contributed by atoms with Crippen molar-refractivity contribution in [2.24, 2.45) is 0 Å². The highest BCUT2D eigenvalue weighted by atomic mass is 32.1. The van der Waals surface area contributed by atoms with Gasteiger partial charge in [-0.2, -0.15) is 0 Å². The molecule has 45 heavy (non-hydrogen) atoms. The van der Waals surface area contributed by atoms with Gasteiger partial charge in [0.05, 0.1) is 0 Å². The van der Waals surface area contributed by atoms with Crippen LogP contribution in [0.5, 0.6) is 0 Å². The van der Waals surface area contributed by atoms with Gasteiger partial charge in [0.15, 0.2) is 0 Å². The number of hydrogen-bond acceptors (Lipinski definition) is 6. The van der Waals surface area contributed by atoms with Crippen LogP contribution >= 0.6 is 68.0 Å². The maximum absolute atomic E-state index is 2.52. The Morgan fingerprint density at radius 2 is 1.02 bits per heavy atom. The first-order chi connectivity index (χ1) is 21.9. The fraction of sp³-hybridized carbons (Fsp3) is 0.231. The zero-order valence-corrected chi connectivity index (χ0v) is 31.0. The van der Waals surface area contributed by atoms with Gasteiger partial charge in [0, 0.05) is 107 Å². The highest BCUT2D eigenvalue weighted by Gasteiger charge is 2.29. The number of aryl methyl sites for hydroxylation is 4. The maximum atomic E-state index is 2.52. The van der Waals surface area contributed by atoms with E-state index in [2.05, 4.69) is 95.5 Å². The number of thiophene rings is 6. The van der Waals surface area contributed by atoms with Gasteiger partial charge in [-0.15, -0.1) is 68.0 Å². The first-order valence-electron chi connectivity index (χ1n) is 15.7. The van der Waals surface area contributed by atoms with Crippen LogP contribution in [-0.2, 0) is 12.8 Å². The van der Waals surface area contributed by atoms with Gasteiger partial charge in [-0.3, -0.25) is 0 Å². The second-order valence-corrected chi connectivity index (χ2v) is 19.2. The van der Waals surface area contributed by atoms with E-state index in [9.17, 15) is 0 Å². The molecule has 3 aromatic carbocycles. The van der Waals surface area contributed by atoms with Crippen molar-refractivity contribution in [1.82, 2.24) is 0 Å². The molecule has 0 atom stereocenters. The smallest absolute Gasteiger partial charge is 0.0438 e. The van der Waals surface area contributed by atoms with Crippen LogP contribution in [0, 0.1) is 13.8 Å². The first-order valence-corrected chi connectivity index (χ1v) is 20.7. The molecule has 0 aliphatic rings. The van der Waals surface area contributed by atoms with Crippen molar-refractivity contribution in [1.29, 1.82) is 0 Å². The Labute approximate surface area is 287 Å². The second kappa shape index (κ2) is 10.5. The monoisotopic (exact) mass is 692 g/mol. The molecule has 0 bridgehead atoms. The standard InChI is InChI=1S/C39H32S6/c1-7-21-9-11-27(43-21)30-32-33(37-24(15-19(5)41-37)23-13-14-40-36(23)32)31(28-12-10-22(8-2)44-28)35-34(30)38-25(16-20(6)42-38)26-17-29(18(3)4)45-39(26)35/h9-18H,7-8H2,1-6H3. The largest absolute Gasteiger partial charge is 0.143 e. The SMILES string of the molecule is CCc1ccc(-c2c3c4sccc4c4cc(C)sc4c3c(-c3ccc(CC)s3)c3c4sc(C(C)C)cc4c4cc(C)sc4c23)s1. The van der Waals surface area contributed by atoms with Crippen LogP contribution in [0.3, 0.4) is 0 Å². The summed E-state index contributed by atoms with van der Waals surface area (Å²) in [6.45, 7) is 13.9. The quantitative estimate of drug-likeness (QED) is 0.158. The molecular weight excluding hydrogens is 661 g/mol. The lowest BCUT2D eigenvalue weighted by atomic mass is 9.87. The van der Waals surface area contributed by atoms with E-state index in [1.165, 1.54) is 107 Å². The summed E-state index contributed by atoms with van der Waals surface area (Å²) in [5.74, 6) is 0.492. The third kappa shape index (κ3) is 4.09. The molecule has 0 aliphatic heterocycles. The Morgan fingerprint density at radius 3 is 1.53 bits per heavy atom. The predicted octanol–water partition coefficient (Wildman–Crippen LogP) is 15.2. The summed E-state index contributed by atoms with van der Waals surface area (Å²) in [6, 6.07) is 19.4. The molecule has 0 saturated carbocycles. The molecule has 0 amide bonds. The molecule has 6 aromatic heterocycles. The molecule has 0 aliphatic carbocycles. The van der Waals surface area contributed by atoms with Crippen molar-refractivity contribution < 1.29 is 0 Å². The normalized spacial score (nSPS) is 12.6. The lowest BCUT2D eigenvalue weighted by Crippen LogP contribution is -1.91. The summed E-state index contributed by atoms with van der Waals surface area (Å²) in [5, 5.41) is 13.9. The van der Waals surface area contributed by atoms with Crippen LogP contribution in [0.25, 0.3) is 82.8 Å². The van der Waals surface area contributed by atoms with Crippen LogP contribution in [-0.4, -0.2) is 0 Å². The molecule has 9 rings (SSSR count). The summed E-state index contributed by atoms with van der Waals surface area (Å²) >= 11 is 11.9. The molecule has 0 nitrogen and oxygen atoms in total. The van der Waals surface area contributed by atoms with Crippen molar-refractivity contribution in [3.05, 3.63) is 78.3 Å². The molecule has 0 N–H and O–H groups in total. The van der Waals surface area contributed by atoms with E-state index >= 15 is 0 Å². The van der Waals surface area contributed by atoms with Gasteiger partial charge in [-0.05, 0) is 86.5 Å². The summed E-state index contributed by atoms with van der Waals surface area (Å²) in [6.07, 6.45) is 2.13. The van der Waals surface area contributed by atoms with Crippen LogP contribution in [0.1, 0.15) is 58.0 Å². The van der Waals surface area contributed by atoms with Crippen molar-refractivity contribution in [3.8, 4) is 20.9 Å². The number of fused-ring (bicyclic) bond motifs is 12. The Kier molecular flexibility index (Phi) is 6.66. The third-order valence-corrected chi connectivity index (χ3v) is 16.2. The van der Waals surface area contributed by atoms with Gasteiger partial charge in [0.25, 0.3) is 0 Å². The van der Waals surface area contributed by atoms with Gasteiger partial charge in [0.1, 0.15) is 0 Å². The minimum absolute atomic E-state index is 0.492. The van der Waals surface area contributed by atoms with E-state index in [4.69, 9.17) is 0 Å². The minimum atomic E-state index is 0.492. The summed E-state index contributed by atoms with van der Waals surface area (Å²) < 4.78 is 5.79. The topological polar surface area (TPSA) is 0 Å². The van der Waals surface area contributed by atoms with Gasteiger partial charge in [-0.25, -0.2) is 0 Å². The molecule has 0 radical (unpaired) electrons. The molecule has 0 fully saturated rings. The van der Waals surface area contributed by atoms with Crippen molar-refractivity contribution in [3.63, 3.8) is 0 Å². The lowest BCUT2D eigenvalue weighted by molar-refractivity contribution is 0.890. The fourth-order valence-electron chi connectivity index (χ4n) is 7.15. The summed E-state index contributed by atoms with van der Waals surface area (Å²) in [4.78, 5) is 9.97. The van der Waals surface area contributed by atoms with Crippen molar-refractivity contribution in [2.45, 2.75) is 60.3 Å². The van der Waals surface area contributed by atoms with E-state index in [-0.39, 0.29) is 0 Å². The zero-order valence-electron chi connectivity index (χ0n) is 26.1. The first kappa shape index (κ1) is 28.6. The van der Waals surface area contributed by atoms with Crippen LogP contribution in [0.2, 0.25) is 0 Å².